The molecule has 0 saturated heterocycles. The summed E-state index contributed by atoms with van der Waals surface area (Å²) in [4.78, 5) is 0.204. The predicted molar refractivity (Wildman–Crippen MR) is 79.0 cm³/mol. The lowest BCUT2D eigenvalue weighted by atomic mass is 10.2. The van der Waals surface area contributed by atoms with Crippen LogP contribution in [0.1, 0.15) is 31.2 Å². The van der Waals surface area contributed by atoms with Crippen molar-refractivity contribution in [3.05, 3.63) is 29.6 Å². The highest BCUT2D eigenvalue weighted by Crippen LogP contribution is 2.21. The van der Waals surface area contributed by atoms with E-state index in [2.05, 4.69) is 5.32 Å². The Morgan fingerprint density at radius 3 is 2.79 bits per heavy atom. The maximum atomic E-state index is 13.7. The lowest BCUT2D eigenvalue weighted by Crippen LogP contribution is -2.16. The molecule has 5 heteroatoms. The first-order valence-electron chi connectivity index (χ1n) is 6.61. The van der Waals surface area contributed by atoms with Gasteiger partial charge in [0.2, 0.25) is 0 Å². The molecule has 0 bridgehead atoms. The molecule has 0 amide bonds. The molecule has 0 atom stereocenters. The van der Waals surface area contributed by atoms with E-state index < -0.39 is 0 Å². The van der Waals surface area contributed by atoms with Crippen molar-refractivity contribution in [1.82, 2.24) is 0 Å². The van der Waals surface area contributed by atoms with Crippen LogP contribution in [0.2, 0.25) is 0 Å². The van der Waals surface area contributed by atoms with Gasteiger partial charge < -0.3 is 15.8 Å². The Balaban J connectivity index is 1.77. The number of anilines is 1. The second-order valence-electron chi connectivity index (χ2n) is 4.76. The maximum absolute atomic E-state index is 13.7. The summed E-state index contributed by atoms with van der Waals surface area (Å²) in [5.74, 6) is -0.342. The first-order chi connectivity index (χ1) is 9.16. The zero-order valence-electron chi connectivity index (χ0n) is 10.8. The fourth-order valence-corrected chi connectivity index (χ4v) is 2.41. The highest BCUT2D eigenvalue weighted by Gasteiger charge is 2.14. The monoisotopic (exact) mass is 282 g/mol. The van der Waals surface area contributed by atoms with E-state index in [1.165, 1.54) is 18.9 Å². The van der Waals surface area contributed by atoms with Gasteiger partial charge in [0.05, 0.1) is 18.4 Å². The zero-order chi connectivity index (χ0) is 13.7. The molecule has 1 aliphatic carbocycles. The van der Waals surface area contributed by atoms with Gasteiger partial charge in [0.25, 0.3) is 0 Å². The van der Waals surface area contributed by atoms with Gasteiger partial charge in [0.1, 0.15) is 10.8 Å². The highest BCUT2D eigenvalue weighted by molar-refractivity contribution is 7.80. The molecule has 0 spiro atoms. The number of benzene rings is 1. The van der Waals surface area contributed by atoms with Crippen molar-refractivity contribution in [2.45, 2.75) is 31.8 Å². The second-order valence-corrected chi connectivity index (χ2v) is 5.20. The smallest absolute Gasteiger partial charge is 0.146 e. The van der Waals surface area contributed by atoms with Crippen molar-refractivity contribution in [3.63, 3.8) is 0 Å². The number of hydrogen-bond acceptors (Lipinski definition) is 3. The van der Waals surface area contributed by atoms with Gasteiger partial charge >= 0.3 is 0 Å². The van der Waals surface area contributed by atoms with Crippen LogP contribution >= 0.6 is 12.2 Å². The fraction of sp³-hybridized carbons (Fsp3) is 0.500. The predicted octanol–water partition coefficient (Wildman–Crippen LogP) is 2.83. The minimum atomic E-state index is -0.342. The van der Waals surface area contributed by atoms with Gasteiger partial charge in [0, 0.05) is 12.1 Å². The van der Waals surface area contributed by atoms with E-state index in [9.17, 15) is 4.39 Å². The Kier molecular flexibility index (Phi) is 5.10. The lowest BCUT2D eigenvalue weighted by Gasteiger charge is -2.12. The summed E-state index contributed by atoms with van der Waals surface area (Å²) in [5.41, 5.74) is 6.44. The molecule has 1 aliphatic rings. The Bertz CT molecular complexity index is 447. The number of nitrogens with one attached hydrogen (secondary N) is 1. The summed E-state index contributed by atoms with van der Waals surface area (Å²) < 4.78 is 19.4. The van der Waals surface area contributed by atoms with Crippen LogP contribution in [0, 0.1) is 5.82 Å². The van der Waals surface area contributed by atoms with E-state index in [-0.39, 0.29) is 10.8 Å². The molecule has 3 nitrogen and oxygen atoms in total. The molecule has 1 fully saturated rings. The van der Waals surface area contributed by atoms with Gasteiger partial charge in [-0.25, -0.2) is 4.39 Å². The molecule has 0 aliphatic heterocycles. The number of rotatable bonds is 6. The van der Waals surface area contributed by atoms with Crippen molar-refractivity contribution < 1.29 is 9.13 Å². The van der Waals surface area contributed by atoms with Crippen molar-refractivity contribution in [1.29, 1.82) is 0 Å². The van der Waals surface area contributed by atoms with Gasteiger partial charge in [0.15, 0.2) is 0 Å². The third kappa shape index (κ3) is 4.14. The molecule has 0 radical (unpaired) electrons. The average Bonchev–Trinajstić information content (AvgIpc) is 2.89. The summed E-state index contributed by atoms with van der Waals surface area (Å²) in [5, 5.41) is 3.02. The zero-order valence-corrected chi connectivity index (χ0v) is 11.6. The normalized spacial score (nSPS) is 15.6. The molecule has 1 aromatic rings. The van der Waals surface area contributed by atoms with Crippen LogP contribution < -0.4 is 11.1 Å². The van der Waals surface area contributed by atoms with Gasteiger partial charge in [-0.15, -0.1) is 0 Å². The number of hydrogen-bond donors (Lipinski definition) is 2. The summed E-state index contributed by atoms with van der Waals surface area (Å²) >= 11 is 4.80. The average molecular weight is 282 g/mol. The number of thiocarbonyl (C=S) groups is 1. The summed E-state index contributed by atoms with van der Waals surface area (Å²) in [6.45, 7) is 1.20. The molecule has 1 aromatic carbocycles. The minimum Gasteiger partial charge on any atom is -0.389 e. The first kappa shape index (κ1) is 14.2. The number of ether oxygens (including phenoxy) is 1. The molecule has 0 heterocycles. The molecule has 2 rings (SSSR count). The second kappa shape index (κ2) is 6.82. The Morgan fingerprint density at radius 1 is 1.42 bits per heavy atom. The molecule has 3 N–H and O–H groups in total. The molecule has 0 aromatic heterocycles. The Hall–Kier alpha value is -1.20. The Labute approximate surface area is 118 Å². The van der Waals surface area contributed by atoms with Crippen molar-refractivity contribution in [2.24, 2.45) is 5.73 Å². The first-order valence-corrected chi connectivity index (χ1v) is 7.02. The molecular formula is C14H19FN2OS. The van der Waals surface area contributed by atoms with Crippen LogP contribution in [-0.2, 0) is 4.74 Å². The van der Waals surface area contributed by atoms with E-state index in [1.54, 1.807) is 12.1 Å². The summed E-state index contributed by atoms with van der Waals surface area (Å²) in [7, 11) is 0. The van der Waals surface area contributed by atoms with Gasteiger partial charge in [-0.2, -0.15) is 0 Å². The van der Waals surface area contributed by atoms with Crippen LogP contribution in [0.15, 0.2) is 18.2 Å². The largest absolute Gasteiger partial charge is 0.389 e. The SMILES string of the molecule is NC(=S)c1ccc(NCCOC2CCCC2)c(F)c1. The third-order valence-electron chi connectivity index (χ3n) is 3.33. The standard InChI is InChI=1S/C14H19FN2OS/c15-12-9-10(14(16)19)5-6-13(12)17-7-8-18-11-3-1-2-4-11/h5-6,9,11,17H,1-4,7-8H2,(H2,16,19). The van der Waals surface area contributed by atoms with Crippen LogP contribution in [0.3, 0.4) is 0 Å². The van der Waals surface area contributed by atoms with Crippen molar-refractivity contribution in [2.75, 3.05) is 18.5 Å². The highest BCUT2D eigenvalue weighted by atomic mass is 32.1. The van der Waals surface area contributed by atoms with Crippen LogP contribution in [0.5, 0.6) is 0 Å². The third-order valence-corrected chi connectivity index (χ3v) is 3.56. The molecular weight excluding hydrogens is 263 g/mol. The van der Waals surface area contributed by atoms with Crippen molar-refractivity contribution in [3.8, 4) is 0 Å². The molecule has 104 valence electrons. The van der Waals surface area contributed by atoms with Gasteiger partial charge in [-0.05, 0) is 31.0 Å². The van der Waals surface area contributed by atoms with Crippen LogP contribution in [0.25, 0.3) is 0 Å². The van der Waals surface area contributed by atoms with Crippen LogP contribution in [0.4, 0.5) is 10.1 Å². The van der Waals surface area contributed by atoms with E-state index in [0.717, 1.165) is 12.8 Å². The van der Waals surface area contributed by atoms with Crippen LogP contribution in [-0.4, -0.2) is 24.2 Å². The topological polar surface area (TPSA) is 47.3 Å². The van der Waals surface area contributed by atoms with E-state index >= 15 is 0 Å². The summed E-state index contributed by atoms with van der Waals surface area (Å²) in [6, 6.07) is 4.72. The van der Waals surface area contributed by atoms with Gasteiger partial charge in [-0.3, -0.25) is 0 Å². The van der Waals surface area contributed by atoms with E-state index in [4.69, 9.17) is 22.7 Å². The summed E-state index contributed by atoms with van der Waals surface area (Å²) in [6.07, 6.45) is 5.21. The van der Waals surface area contributed by atoms with E-state index in [0.29, 0.717) is 30.5 Å². The minimum absolute atomic E-state index is 0.204. The Morgan fingerprint density at radius 2 is 2.16 bits per heavy atom. The fourth-order valence-electron chi connectivity index (χ4n) is 2.28. The van der Waals surface area contributed by atoms with Crippen molar-refractivity contribution >= 4 is 22.9 Å². The van der Waals surface area contributed by atoms with E-state index in [1.807, 2.05) is 0 Å². The molecule has 19 heavy (non-hydrogen) atoms. The number of halogens is 1. The quantitative estimate of drug-likeness (QED) is 0.622. The number of nitrogens with two attached hydrogens (primary N) is 1. The molecule has 0 unspecified atom stereocenters. The lowest BCUT2D eigenvalue weighted by molar-refractivity contribution is 0.0659. The molecule has 1 saturated carbocycles. The van der Waals surface area contributed by atoms with Gasteiger partial charge in [-0.1, -0.05) is 25.1 Å². The maximum Gasteiger partial charge on any atom is 0.146 e.